The zero-order valence-electron chi connectivity index (χ0n) is 10.2. The molecule has 3 N–H and O–H groups in total. The summed E-state index contributed by atoms with van der Waals surface area (Å²) in [6.45, 7) is 1.88. The van der Waals surface area contributed by atoms with Gasteiger partial charge >= 0.3 is 0 Å². The van der Waals surface area contributed by atoms with Gasteiger partial charge in [-0.1, -0.05) is 12.1 Å². The molecule has 0 amide bonds. The zero-order chi connectivity index (χ0) is 12.5. The second kappa shape index (κ2) is 4.46. The molecule has 4 nitrogen and oxygen atoms in total. The van der Waals surface area contributed by atoms with Crippen LogP contribution in [0.2, 0.25) is 0 Å². The quantitative estimate of drug-likeness (QED) is 0.802. The second-order valence-electron chi connectivity index (χ2n) is 4.84. The average Bonchev–Trinajstić information content (AvgIpc) is 2.40. The summed E-state index contributed by atoms with van der Waals surface area (Å²) < 4.78 is 0. The Morgan fingerprint density at radius 1 is 1.17 bits per heavy atom. The fraction of sp³-hybridized carbons (Fsp3) is 0.357. The molecule has 3 rings (SSSR count). The van der Waals surface area contributed by atoms with Gasteiger partial charge in [-0.3, -0.25) is 0 Å². The van der Waals surface area contributed by atoms with E-state index in [1.807, 2.05) is 24.3 Å². The van der Waals surface area contributed by atoms with Crippen LogP contribution in [0, 0.1) is 0 Å². The van der Waals surface area contributed by atoms with Gasteiger partial charge in [-0.05, 0) is 31.0 Å². The van der Waals surface area contributed by atoms with Gasteiger partial charge in [0.05, 0.1) is 0 Å². The molecule has 94 valence electrons. The Bertz CT molecular complexity index is 562. The molecule has 0 saturated carbocycles. The van der Waals surface area contributed by atoms with E-state index in [0.717, 1.165) is 37.1 Å². The Morgan fingerprint density at radius 2 is 1.94 bits per heavy atom. The average molecular weight is 243 g/mol. The third-order valence-corrected chi connectivity index (χ3v) is 3.55. The molecule has 0 aliphatic carbocycles. The molecule has 2 aromatic rings. The number of aromatic nitrogens is 1. The number of rotatable bonds is 1. The minimum Gasteiger partial charge on any atom is -0.506 e. The van der Waals surface area contributed by atoms with E-state index in [1.54, 1.807) is 6.07 Å². The van der Waals surface area contributed by atoms with E-state index in [4.69, 9.17) is 5.73 Å². The van der Waals surface area contributed by atoms with Crippen LogP contribution >= 0.6 is 0 Å². The van der Waals surface area contributed by atoms with E-state index >= 15 is 0 Å². The van der Waals surface area contributed by atoms with Crippen molar-refractivity contribution in [2.45, 2.75) is 18.9 Å². The molecule has 4 heteroatoms. The number of benzene rings is 1. The fourth-order valence-corrected chi connectivity index (χ4v) is 2.43. The predicted molar refractivity (Wildman–Crippen MR) is 72.8 cm³/mol. The molecule has 0 spiro atoms. The zero-order valence-corrected chi connectivity index (χ0v) is 10.2. The van der Waals surface area contributed by atoms with Crippen molar-refractivity contribution >= 4 is 16.7 Å². The smallest absolute Gasteiger partial charge is 0.141 e. The number of hydrogen-bond donors (Lipinski definition) is 2. The lowest BCUT2D eigenvalue weighted by Crippen LogP contribution is -2.40. The Morgan fingerprint density at radius 3 is 2.72 bits per heavy atom. The van der Waals surface area contributed by atoms with Crippen LogP contribution in [0.4, 0.5) is 5.82 Å². The lowest BCUT2D eigenvalue weighted by molar-refractivity contribution is 0.479. The highest BCUT2D eigenvalue weighted by Crippen LogP contribution is 2.26. The maximum absolute atomic E-state index is 9.84. The van der Waals surface area contributed by atoms with Crippen molar-refractivity contribution in [3.05, 3.63) is 30.3 Å². The highest BCUT2D eigenvalue weighted by Gasteiger charge is 2.17. The van der Waals surface area contributed by atoms with Gasteiger partial charge in [0, 0.05) is 24.5 Å². The van der Waals surface area contributed by atoms with E-state index in [9.17, 15) is 5.11 Å². The van der Waals surface area contributed by atoms with Gasteiger partial charge < -0.3 is 15.7 Å². The first-order chi connectivity index (χ1) is 8.74. The lowest BCUT2D eigenvalue weighted by atomic mass is 10.1. The maximum atomic E-state index is 9.84. The highest BCUT2D eigenvalue weighted by molar-refractivity contribution is 5.85. The summed E-state index contributed by atoms with van der Waals surface area (Å²) in [5.74, 6) is 1.17. The van der Waals surface area contributed by atoms with Crippen LogP contribution in [0.3, 0.4) is 0 Å². The fourth-order valence-electron chi connectivity index (χ4n) is 2.43. The number of phenols is 1. The van der Waals surface area contributed by atoms with Crippen molar-refractivity contribution in [1.29, 1.82) is 0 Å². The van der Waals surface area contributed by atoms with Crippen molar-refractivity contribution in [2.24, 2.45) is 5.73 Å². The first-order valence-corrected chi connectivity index (χ1v) is 6.33. The largest absolute Gasteiger partial charge is 0.506 e. The van der Waals surface area contributed by atoms with E-state index in [-0.39, 0.29) is 5.75 Å². The molecule has 1 saturated heterocycles. The second-order valence-corrected chi connectivity index (χ2v) is 4.84. The number of anilines is 1. The van der Waals surface area contributed by atoms with Crippen molar-refractivity contribution in [3.63, 3.8) is 0 Å². The normalized spacial score (nSPS) is 17.3. The third kappa shape index (κ3) is 1.99. The molecule has 1 fully saturated rings. The van der Waals surface area contributed by atoms with E-state index in [1.165, 1.54) is 0 Å². The van der Waals surface area contributed by atoms with Crippen molar-refractivity contribution in [2.75, 3.05) is 18.0 Å². The van der Waals surface area contributed by atoms with E-state index < -0.39 is 0 Å². The number of piperidine rings is 1. The third-order valence-electron chi connectivity index (χ3n) is 3.55. The minimum atomic E-state index is 0.239. The van der Waals surface area contributed by atoms with Gasteiger partial charge in [0.1, 0.15) is 17.1 Å². The van der Waals surface area contributed by atoms with Crippen LogP contribution < -0.4 is 10.6 Å². The molecule has 1 aromatic carbocycles. The number of pyridine rings is 1. The minimum absolute atomic E-state index is 0.239. The summed E-state index contributed by atoms with van der Waals surface area (Å²) in [6.07, 6.45) is 2.00. The standard InChI is InChI=1S/C14H17N3O/c15-11-6-8-17(9-7-11)13-5-4-10-2-1-3-12(18)14(10)16-13/h1-5,11,18H,6-9,15H2. The summed E-state index contributed by atoms with van der Waals surface area (Å²) in [7, 11) is 0. The van der Waals surface area contributed by atoms with Crippen LogP contribution in [0.25, 0.3) is 10.9 Å². The number of phenolic OH excluding ortho intramolecular Hbond substituents is 1. The van der Waals surface area contributed by atoms with Crippen LogP contribution in [-0.2, 0) is 0 Å². The van der Waals surface area contributed by atoms with E-state index in [2.05, 4.69) is 9.88 Å². The summed E-state index contributed by atoms with van der Waals surface area (Å²) in [5.41, 5.74) is 6.57. The molecule has 1 aliphatic heterocycles. The van der Waals surface area contributed by atoms with Crippen molar-refractivity contribution in [3.8, 4) is 5.75 Å². The maximum Gasteiger partial charge on any atom is 0.141 e. The Labute approximate surface area is 106 Å². The first kappa shape index (κ1) is 11.3. The molecule has 0 radical (unpaired) electrons. The van der Waals surface area contributed by atoms with Crippen molar-refractivity contribution < 1.29 is 5.11 Å². The molecule has 1 aromatic heterocycles. The van der Waals surface area contributed by atoms with Gasteiger partial charge in [0.15, 0.2) is 0 Å². The number of nitrogens with two attached hydrogens (primary N) is 1. The Kier molecular flexibility index (Phi) is 2.80. The number of fused-ring (bicyclic) bond motifs is 1. The molecular formula is C14H17N3O. The van der Waals surface area contributed by atoms with Gasteiger partial charge in [-0.15, -0.1) is 0 Å². The Balaban J connectivity index is 1.95. The monoisotopic (exact) mass is 243 g/mol. The van der Waals surface area contributed by atoms with E-state index in [0.29, 0.717) is 11.6 Å². The number of nitrogens with zero attached hydrogens (tertiary/aromatic N) is 2. The topological polar surface area (TPSA) is 62.4 Å². The summed E-state index contributed by atoms with van der Waals surface area (Å²) >= 11 is 0. The molecule has 2 heterocycles. The predicted octanol–water partition coefficient (Wildman–Crippen LogP) is 1.87. The molecule has 0 bridgehead atoms. The number of aromatic hydroxyl groups is 1. The van der Waals surface area contributed by atoms with Crippen LogP contribution in [-0.4, -0.2) is 29.2 Å². The molecule has 0 unspecified atom stereocenters. The van der Waals surface area contributed by atoms with Gasteiger partial charge in [-0.25, -0.2) is 4.98 Å². The molecule has 18 heavy (non-hydrogen) atoms. The van der Waals surface area contributed by atoms with Gasteiger partial charge in [0.2, 0.25) is 0 Å². The Hall–Kier alpha value is -1.81. The molecule has 0 atom stereocenters. The molecule has 1 aliphatic rings. The summed E-state index contributed by atoms with van der Waals surface area (Å²) in [5, 5.41) is 10.8. The van der Waals surface area contributed by atoms with Crippen LogP contribution in [0.1, 0.15) is 12.8 Å². The first-order valence-electron chi connectivity index (χ1n) is 6.33. The van der Waals surface area contributed by atoms with Gasteiger partial charge in [-0.2, -0.15) is 0 Å². The number of para-hydroxylation sites is 1. The van der Waals surface area contributed by atoms with Crippen LogP contribution in [0.15, 0.2) is 30.3 Å². The summed E-state index contributed by atoms with van der Waals surface area (Å²) in [4.78, 5) is 6.79. The highest BCUT2D eigenvalue weighted by atomic mass is 16.3. The lowest BCUT2D eigenvalue weighted by Gasteiger charge is -2.31. The SMILES string of the molecule is NC1CCN(c2ccc3cccc(O)c3n2)CC1. The van der Waals surface area contributed by atoms with Gasteiger partial charge in [0.25, 0.3) is 0 Å². The molecular weight excluding hydrogens is 226 g/mol. The van der Waals surface area contributed by atoms with Crippen molar-refractivity contribution in [1.82, 2.24) is 4.98 Å². The van der Waals surface area contributed by atoms with Crippen LogP contribution in [0.5, 0.6) is 5.75 Å². The number of hydrogen-bond acceptors (Lipinski definition) is 4. The summed E-state index contributed by atoms with van der Waals surface area (Å²) in [6, 6.07) is 9.79.